The molecule has 0 saturated carbocycles. The van der Waals surface area contributed by atoms with Gasteiger partial charge in [-0.15, -0.1) is 0 Å². The van der Waals surface area contributed by atoms with Crippen LogP contribution in [-0.4, -0.2) is 64.9 Å². The van der Waals surface area contributed by atoms with Crippen molar-refractivity contribution in [1.29, 1.82) is 0 Å². The minimum absolute atomic E-state index is 0.0374. The molecule has 142 valence electrons. The first kappa shape index (κ1) is 17.8. The molecule has 0 bridgehead atoms. The molecule has 0 aliphatic carbocycles. The van der Waals surface area contributed by atoms with Gasteiger partial charge < -0.3 is 15.7 Å². The molecule has 0 radical (unpaired) electrons. The Bertz CT molecular complexity index is 843. The zero-order chi connectivity index (χ0) is 19.2. The number of benzene rings is 1. The molecule has 4 amide bonds. The first-order chi connectivity index (χ1) is 13.0. The van der Waals surface area contributed by atoms with E-state index in [1.165, 1.54) is 0 Å². The van der Waals surface area contributed by atoms with Gasteiger partial charge in [0.05, 0.1) is 23.3 Å². The molecule has 1 unspecified atom stereocenters. The highest BCUT2D eigenvalue weighted by Crippen LogP contribution is 2.30. The summed E-state index contributed by atoms with van der Waals surface area (Å²) in [6, 6.07) is 4.04. The van der Waals surface area contributed by atoms with Crippen molar-refractivity contribution in [2.75, 3.05) is 19.7 Å². The second-order valence-electron chi connectivity index (χ2n) is 7.18. The molecule has 4 N–H and O–H groups in total. The molecule has 3 aliphatic heterocycles. The van der Waals surface area contributed by atoms with E-state index in [0.717, 1.165) is 4.90 Å². The lowest BCUT2D eigenvalue weighted by Gasteiger charge is -2.42. The second-order valence-corrected chi connectivity index (χ2v) is 7.18. The highest BCUT2D eigenvalue weighted by molar-refractivity contribution is 6.24. The molecule has 2 saturated heterocycles. The number of rotatable bonds is 5. The van der Waals surface area contributed by atoms with Crippen LogP contribution in [0, 0.1) is 0 Å². The third kappa shape index (κ3) is 2.84. The Hall–Kier alpha value is -2.62. The number of carbonyl (C=O) groups excluding carboxylic acids is 4. The number of aliphatic hydroxyl groups is 1. The minimum Gasteiger partial charge on any atom is -0.394 e. The average Bonchev–Trinajstić information content (AvgIpc) is 2.87. The van der Waals surface area contributed by atoms with Gasteiger partial charge in [-0.25, -0.2) is 0 Å². The van der Waals surface area contributed by atoms with Crippen LogP contribution in [0.3, 0.4) is 0 Å². The van der Waals surface area contributed by atoms with E-state index in [1.54, 1.807) is 18.2 Å². The maximum absolute atomic E-state index is 13.0. The molecule has 1 aromatic carbocycles. The summed E-state index contributed by atoms with van der Waals surface area (Å²) in [6.45, 7) is 1.51. The summed E-state index contributed by atoms with van der Waals surface area (Å²) in [5.74, 6) is -2.07. The van der Waals surface area contributed by atoms with Crippen molar-refractivity contribution < 1.29 is 24.3 Å². The number of hydrogen-bond acceptors (Lipinski definition) is 7. The van der Waals surface area contributed by atoms with Crippen LogP contribution in [0.2, 0.25) is 0 Å². The van der Waals surface area contributed by atoms with Crippen molar-refractivity contribution in [3.05, 3.63) is 34.9 Å². The second kappa shape index (κ2) is 6.52. The van der Waals surface area contributed by atoms with Crippen molar-refractivity contribution in [1.82, 2.24) is 20.9 Å². The largest absolute Gasteiger partial charge is 0.394 e. The Balaban J connectivity index is 1.59. The molecule has 1 aromatic rings. The van der Waals surface area contributed by atoms with Gasteiger partial charge in [0.25, 0.3) is 11.8 Å². The standard InChI is InChI=1S/C18H20N4O5/c23-9-18(7-19-8-18)20-6-10-2-1-3-11-14(10)17(27)22(16(11)26)12-4-5-13(24)21-15(12)25/h1-3,12,19-20,23H,4-9H2,(H,21,24,25). The maximum Gasteiger partial charge on any atom is 0.262 e. The van der Waals surface area contributed by atoms with Gasteiger partial charge in [-0.1, -0.05) is 12.1 Å². The number of nitrogens with one attached hydrogen (secondary N) is 3. The van der Waals surface area contributed by atoms with Crippen LogP contribution in [0.4, 0.5) is 0 Å². The van der Waals surface area contributed by atoms with Crippen LogP contribution < -0.4 is 16.0 Å². The van der Waals surface area contributed by atoms with Crippen LogP contribution in [-0.2, 0) is 16.1 Å². The highest BCUT2D eigenvalue weighted by atomic mass is 16.3. The molecular weight excluding hydrogens is 352 g/mol. The molecule has 2 fully saturated rings. The molecule has 9 nitrogen and oxygen atoms in total. The average molecular weight is 372 g/mol. The van der Waals surface area contributed by atoms with Gasteiger partial charge in [0.15, 0.2) is 0 Å². The first-order valence-electron chi connectivity index (χ1n) is 8.86. The van der Waals surface area contributed by atoms with Crippen LogP contribution in [0.1, 0.15) is 39.1 Å². The predicted molar refractivity (Wildman–Crippen MR) is 92.6 cm³/mol. The lowest BCUT2D eigenvalue weighted by Crippen LogP contribution is -2.69. The van der Waals surface area contributed by atoms with E-state index in [1.807, 2.05) is 0 Å². The quantitative estimate of drug-likeness (QED) is 0.464. The monoisotopic (exact) mass is 372 g/mol. The van der Waals surface area contributed by atoms with Crippen molar-refractivity contribution in [3.8, 4) is 0 Å². The topological polar surface area (TPSA) is 128 Å². The Morgan fingerprint density at radius 3 is 2.59 bits per heavy atom. The molecule has 3 aliphatic rings. The summed E-state index contributed by atoms with van der Waals surface area (Å²) in [5, 5.41) is 18.1. The van der Waals surface area contributed by atoms with E-state index in [9.17, 15) is 24.3 Å². The Morgan fingerprint density at radius 2 is 1.96 bits per heavy atom. The van der Waals surface area contributed by atoms with E-state index >= 15 is 0 Å². The predicted octanol–water partition coefficient (Wildman–Crippen LogP) is -1.49. The van der Waals surface area contributed by atoms with Gasteiger partial charge in [0.1, 0.15) is 6.04 Å². The van der Waals surface area contributed by atoms with E-state index in [2.05, 4.69) is 16.0 Å². The molecule has 27 heavy (non-hydrogen) atoms. The molecule has 1 atom stereocenters. The van der Waals surface area contributed by atoms with E-state index in [0.29, 0.717) is 25.2 Å². The fraction of sp³-hybridized carbons (Fsp3) is 0.444. The molecule has 3 heterocycles. The van der Waals surface area contributed by atoms with Crippen LogP contribution >= 0.6 is 0 Å². The lowest BCUT2D eigenvalue weighted by molar-refractivity contribution is -0.136. The highest BCUT2D eigenvalue weighted by Gasteiger charge is 2.45. The number of imide groups is 2. The summed E-state index contributed by atoms with van der Waals surface area (Å²) < 4.78 is 0. The van der Waals surface area contributed by atoms with Gasteiger partial charge in [-0.05, 0) is 18.1 Å². The molecule has 4 rings (SSSR count). The Kier molecular flexibility index (Phi) is 4.29. The summed E-state index contributed by atoms with van der Waals surface area (Å²) in [4.78, 5) is 50.2. The van der Waals surface area contributed by atoms with E-state index in [-0.39, 0.29) is 30.6 Å². The van der Waals surface area contributed by atoms with E-state index in [4.69, 9.17) is 0 Å². The van der Waals surface area contributed by atoms with Gasteiger partial charge in [0, 0.05) is 26.1 Å². The van der Waals surface area contributed by atoms with Gasteiger partial charge in [0.2, 0.25) is 11.8 Å². The molecule has 9 heteroatoms. The smallest absolute Gasteiger partial charge is 0.262 e. The summed E-state index contributed by atoms with van der Waals surface area (Å²) in [5.41, 5.74) is 0.742. The van der Waals surface area contributed by atoms with Gasteiger partial charge in [-0.2, -0.15) is 0 Å². The fourth-order valence-corrected chi connectivity index (χ4v) is 3.73. The Labute approximate surface area is 155 Å². The number of hydrogen-bond donors (Lipinski definition) is 4. The molecule has 0 spiro atoms. The molecule has 0 aromatic heterocycles. The van der Waals surface area contributed by atoms with Crippen LogP contribution in [0.25, 0.3) is 0 Å². The van der Waals surface area contributed by atoms with Crippen molar-refractivity contribution >= 4 is 23.6 Å². The molecular formula is C18H20N4O5. The summed E-state index contributed by atoms with van der Waals surface area (Å²) in [6.07, 6.45) is 0.216. The summed E-state index contributed by atoms with van der Waals surface area (Å²) in [7, 11) is 0. The summed E-state index contributed by atoms with van der Waals surface area (Å²) >= 11 is 0. The minimum atomic E-state index is -0.976. The van der Waals surface area contributed by atoms with Crippen LogP contribution in [0.15, 0.2) is 18.2 Å². The van der Waals surface area contributed by atoms with E-state index < -0.39 is 35.2 Å². The zero-order valence-electron chi connectivity index (χ0n) is 14.6. The van der Waals surface area contributed by atoms with Crippen molar-refractivity contribution in [2.45, 2.75) is 31.0 Å². The third-order valence-electron chi connectivity index (χ3n) is 5.44. The number of amides is 4. The number of piperidine rings is 1. The fourth-order valence-electron chi connectivity index (χ4n) is 3.73. The number of aliphatic hydroxyl groups excluding tert-OH is 1. The first-order valence-corrected chi connectivity index (χ1v) is 8.86. The van der Waals surface area contributed by atoms with Crippen molar-refractivity contribution in [2.24, 2.45) is 0 Å². The third-order valence-corrected chi connectivity index (χ3v) is 5.44. The number of nitrogens with zero attached hydrogens (tertiary/aromatic N) is 1. The Morgan fingerprint density at radius 1 is 1.19 bits per heavy atom. The van der Waals surface area contributed by atoms with Gasteiger partial charge >= 0.3 is 0 Å². The number of fused-ring (bicyclic) bond motifs is 1. The number of carbonyl (C=O) groups is 4. The SMILES string of the molecule is O=C1CCC(N2C(=O)c3cccc(CNC4(CO)CNC4)c3C2=O)C(=O)N1. The zero-order valence-corrected chi connectivity index (χ0v) is 14.6. The van der Waals surface area contributed by atoms with Crippen molar-refractivity contribution in [3.63, 3.8) is 0 Å². The lowest BCUT2D eigenvalue weighted by atomic mass is 9.92. The maximum atomic E-state index is 13.0. The van der Waals surface area contributed by atoms with Gasteiger partial charge in [-0.3, -0.25) is 29.4 Å². The van der Waals surface area contributed by atoms with Crippen LogP contribution in [0.5, 0.6) is 0 Å². The normalized spacial score (nSPS) is 23.9.